The summed E-state index contributed by atoms with van der Waals surface area (Å²) in [5, 5.41) is 9.25. The smallest absolute Gasteiger partial charge is 0.337 e. The molecule has 1 fully saturated rings. The molecule has 3 N–H and O–H groups in total. The Kier molecular flexibility index (Phi) is 4.27. The van der Waals surface area contributed by atoms with Crippen molar-refractivity contribution in [2.24, 2.45) is 5.92 Å². The van der Waals surface area contributed by atoms with E-state index in [9.17, 15) is 9.90 Å². The number of methoxy groups -OCH3 is 1. The molecular weight excluding hydrogens is 244 g/mol. The molecule has 1 aromatic carbocycles. The number of benzene rings is 1. The van der Waals surface area contributed by atoms with Crippen LogP contribution >= 0.6 is 0 Å². The second kappa shape index (κ2) is 5.93. The second-order valence-electron chi connectivity index (χ2n) is 4.90. The lowest BCUT2D eigenvalue weighted by Gasteiger charge is -2.34. The van der Waals surface area contributed by atoms with E-state index in [1.54, 1.807) is 12.1 Å². The third kappa shape index (κ3) is 2.98. The van der Waals surface area contributed by atoms with Crippen LogP contribution in [0.5, 0.6) is 0 Å². The van der Waals surface area contributed by atoms with Crippen molar-refractivity contribution in [3.63, 3.8) is 0 Å². The Bertz CT molecular complexity index is 462. The number of esters is 1. The summed E-state index contributed by atoms with van der Waals surface area (Å²) in [6.45, 7) is 1.94. The molecule has 0 spiro atoms. The lowest BCUT2D eigenvalue weighted by atomic mass is 9.98. The van der Waals surface area contributed by atoms with Gasteiger partial charge in [-0.05, 0) is 37.0 Å². The van der Waals surface area contributed by atoms with Gasteiger partial charge in [-0.15, -0.1) is 0 Å². The molecule has 2 rings (SSSR count). The van der Waals surface area contributed by atoms with Crippen LogP contribution in [0.4, 0.5) is 11.4 Å². The highest BCUT2D eigenvalue weighted by Gasteiger charge is 2.21. The van der Waals surface area contributed by atoms with E-state index in [1.807, 2.05) is 6.07 Å². The highest BCUT2D eigenvalue weighted by molar-refractivity contribution is 5.92. The standard InChI is InChI=1S/C14H20N2O3/c1-19-14(18)11-4-5-13(12(15)7-11)16-6-2-3-10(8-16)9-17/h4-5,7,10,17H,2-3,6,8-9,15H2,1H3. The van der Waals surface area contributed by atoms with Gasteiger partial charge in [-0.2, -0.15) is 0 Å². The molecule has 0 saturated carbocycles. The quantitative estimate of drug-likeness (QED) is 0.635. The SMILES string of the molecule is COC(=O)c1ccc(N2CCCC(CO)C2)c(N)c1. The summed E-state index contributed by atoms with van der Waals surface area (Å²) < 4.78 is 4.67. The molecule has 0 bridgehead atoms. The summed E-state index contributed by atoms with van der Waals surface area (Å²) in [4.78, 5) is 13.6. The Balaban J connectivity index is 2.18. The number of hydrogen-bond donors (Lipinski definition) is 2. The first-order valence-electron chi connectivity index (χ1n) is 6.49. The molecule has 5 nitrogen and oxygen atoms in total. The van der Waals surface area contributed by atoms with E-state index in [1.165, 1.54) is 7.11 Å². The van der Waals surface area contributed by atoms with Crippen molar-refractivity contribution in [1.29, 1.82) is 0 Å². The first kappa shape index (κ1) is 13.7. The maximum Gasteiger partial charge on any atom is 0.337 e. The van der Waals surface area contributed by atoms with Crippen LogP contribution in [-0.2, 0) is 4.74 Å². The molecular formula is C14H20N2O3. The fourth-order valence-electron chi connectivity index (χ4n) is 2.52. The molecule has 1 heterocycles. The van der Waals surface area contributed by atoms with E-state index in [0.29, 0.717) is 17.2 Å². The molecule has 1 unspecified atom stereocenters. The van der Waals surface area contributed by atoms with Crippen LogP contribution in [0.15, 0.2) is 18.2 Å². The molecule has 0 radical (unpaired) electrons. The predicted molar refractivity (Wildman–Crippen MR) is 74.2 cm³/mol. The minimum absolute atomic E-state index is 0.205. The summed E-state index contributed by atoms with van der Waals surface area (Å²) >= 11 is 0. The maximum atomic E-state index is 11.4. The number of nitrogens with two attached hydrogens (primary N) is 1. The number of rotatable bonds is 3. The number of ether oxygens (including phenoxy) is 1. The van der Waals surface area contributed by atoms with Crippen molar-refractivity contribution in [3.05, 3.63) is 23.8 Å². The Hall–Kier alpha value is -1.75. The van der Waals surface area contributed by atoms with Crippen molar-refractivity contribution in [2.75, 3.05) is 37.4 Å². The van der Waals surface area contributed by atoms with Crippen LogP contribution in [0.25, 0.3) is 0 Å². The van der Waals surface area contributed by atoms with Gasteiger partial charge in [0.1, 0.15) is 0 Å². The molecule has 0 amide bonds. The molecule has 5 heteroatoms. The van der Waals surface area contributed by atoms with Gasteiger partial charge in [-0.3, -0.25) is 0 Å². The number of hydrogen-bond acceptors (Lipinski definition) is 5. The molecule has 19 heavy (non-hydrogen) atoms. The molecule has 0 aliphatic carbocycles. The summed E-state index contributed by atoms with van der Waals surface area (Å²) in [5.41, 5.74) is 7.97. The molecule has 0 aromatic heterocycles. The first-order chi connectivity index (χ1) is 9.15. The molecule has 1 saturated heterocycles. The average Bonchev–Trinajstić information content (AvgIpc) is 2.46. The molecule has 1 aliphatic heterocycles. The zero-order chi connectivity index (χ0) is 13.8. The Morgan fingerprint density at radius 1 is 1.58 bits per heavy atom. The summed E-state index contributed by atoms with van der Waals surface area (Å²) in [5.74, 6) is -0.0847. The molecule has 104 valence electrons. The van der Waals surface area contributed by atoms with Crippen molar-refractivity contribution in [3.8, 4) is 0 Å². The third-order valence-corrected chi connectivity index (χ3v) is 3.57. The molecule has 1 aromatic rings. The number of carbonyl (C=O) groups is 1. The van der Waals surface area contributed by atoms with Crippen LogP contribution in [0.3, 0.4) is 0 Å². The Morgan fingerprint density at radius 3 is 3.00 bits per heavy atom. The Morgan fingerprint density at radius 2 is 2.37 bits per heavy atom. The van der Waals surface area contributed by atoms with Crippen molar-refractivity contribution >= 4 is 17.3 Å². The third-order valence-electron chi connectivity index (χ3n) is 3.57. The van der Waals surface area contributed by atoms with E-state index in [0.717, 1.165) is 31.6 Å². The number of nitrogens with zero attached hydrogens (tertiary/aromatic N) is 1. The van der Waals surface area contributed by atoms with Gasteiger partial charge in [0.15, 0.2) is 0 Å². The zero-order valence-electron chi connectivity index (χ0n) is 11.1. The van der Waals surface area contributed by atoms with Gasteiger partial charge < -0.3 is 20.5 Å². The number of nitrogen functional groups attached to an aromatic ring is 1. The number of aliphatic hydroxyl groups is 1. The molecule has 1 aliphatic rings. The predicted octanol–water partition coefficient (Wildman–Crippen LogP) is 1.26. The van der Waals surface area contributed by atoms with Gasteiger partial charge in [0.05, 0.1) is 24.0 Å². The Labute approximate surface area is 113 Å². The van der Waals surface area contributed by atoms with Gasteiger partial charge in [0.25, 0.3) is 0 Å². The molecule has 1 atom stereocenters. The highest BCUT2D eigenvalue weighted by Crippen LogP contribution is 2.29. The fourth-order valence-corrected chi connectivity index (χ4v) is 2.52. The summed E-state index contributed by atoms with van der Waals surface area (Å²) in [7, 11) is 1.35. The topological polar surface area (TPSA) is 75.8 Å². The van der Waals surface area contributed by atoms with E-state index in [2.05, 4.69) is 9.64 Å². The lowest BCUT2D eigenvalue weighted by molar-refractivity contribution is 0.0601. The summed E-state index contributed by atoms with van der Waals surface area (Å²) in [6, 6.07) is 5.21. The van der Waals surface area contributed by atoms with Gasteiger partial charge in [-0.25, -0.2) is 4.79 Å². The van der Waals surface area contributed by atoms with Crippen LogP contribution in [-0.4, -0.2) is 37.9 Å². The number of aliphatic hydroxyl groups excluding tert-OH is 1. The zero-order valence-corrected chi connectivity index (χ0v) is 11.1. The van der Waals surface area contributed by atoms with Crippen molar-refractivity contribution in [1.82, 2.24) is 0 Å². The van der Waals surface area contributed by atoms with Crippen LogP contribution in [0, 0.1) is 5.92 Å². The second-order valence-corrected chi connectivity index (χ2v) is 4.90. The van der Waals surface area contributed by atoms with E-state index in [4.69, 9.17) is 5.73 Å². The van der Waals surface area contributed by atoms with Crippen molar-refractivity contribution in [2.45, 2.75) is 12.8 Å². The minimum atomic E-state index is -0.384. The minimum Gasteiger partial charge on any atom is -0.465 e. The summed E-state index contributed by atoms with van der Waals surface area (Å²) in [6.07, 6.45) is 2.09. The van der Waals surface area contributed by atoms with E-state index >= 15 is 0 Å². The normalized spacial score (nSPS) is 19.3. The monoisotopic (exact) mass is 264 g/mol. The van der Waals surface area contributed by atoms with E-state index in [-0.39, 0.29) is 12.6 Å². The van der Waals surface area contributed by atoms with Gasteiger partial charge in [0, 0.05) is 19.7 Å². The number of piperidine rings is 1. The lowest BCUT2D eigenvalue weighted by Crippen LogP contribution is -2.37. The first-order valence-corrected chi connectivity index (χ1v) is 6.49. The highest BCUT2D eigenvalue weighted by atomic mass is 16.5. The van der Waals surface area contributed by atoms with Gasteiger partial charge >= 0.3 is 5.97 Å². The van der Waals surface area contributed by atoms with Crippen LogP contribution < -0.4 is 10.6 Å². The largest absolute Gasteiger partial charge is 0.465 e. The van der Waals surface area contributed by atoms with Crippen molar-refractivity contribution < 1.29 is 14.6 Å². The van der Waals surface area contributed by atoms with E-state index < -0.39 is 0 Å². The maximum absolute atomic E-state index is 11.4. The number of carbonyl (C=O) groups excluding carboxylic acids is 1. The average molecular weight is 264 g/mol. The van der Waals surface area contributed by atoms with Gasteiger partial charge in [0.2, 0.25) is 0 Å². The van der Waals surface area contributed by atoms with Gasteiger partial charge in [-0.1, -0.05) is 0 Å². The van der Waals surface area contributed by atoms with Crippen LogP contribution in [0.1, 0.15) is 23.2 Å². The number of anilines is 2. The fraction of sp³-hybridized carbons (Fsp3) is 0.500. The van der Waals surface area contributed by atoms with Crippen LogP contribution in [0.2, 0.25) is 0 Å².